The lowest BCUT2D eigenvalue weighted by Crippen LogP contribution is -2.20. The Hall–Kier alpha value is -1.36. The number of rotatable bonds is 6. The van der Waals surface area contributed by atoms with E-state index in [0.717, 1.165) is 25.2 Å². The second-order valence-corrected chi connectivity index (χ2v) is 4.95. The Morgan fingerprint density at radius 3 is 2.65 bits per heavy atom. The topological polar surface area (TPSA) is 58.4 Å². The van der Waals surface area contributed by atoms with Crippen molar-refractivity contribution in [3.05, 3.63) is 17.5 Å². The van der Waals surface area contributed by atoms with Gasteiger partial charge in [-0.15, -0.1) is 0 Å². The molecule has 0 aliphatic heterocycles. The number of aromatic nitrogens is 2. The van der Waals surface area contributed by atoms with Gasteiger partial charge in [0.25, 0.3) is 0 Å². The fourth-order valence-electron chi connectivity index (χ4n) is 1.63. The summed E-state index contributed by atoms with van der Waals surface area (Å²) in [6.07, 6.45) is 0.855. The summed E-state index contributed by atoms with van der Waals surface area (Å²) in [5.74, 6) is -0.468. The van der Waals surface area contributed by atoms with E-state index in [2.05, 4.69) is 23.8 Å². The minimum absolute atomic E-state index is 0.138. The van der Waals surface area contributed by atoms with Gasteiger partial charge in [-0.1, -0.05) is 13.8 Å². The van der Waals surface area contributed by atoms with Crippen LogP contribution < -0.4 is 0 Å². The summed E-state index contributed by atoms with van der Waals surface area (Å²) in [6.45, 7) is 5.81. The first-order valence-corrected chi connectivity index (χ1v) is 5.85. The van der Waals surface area contributed by atoms with E-state index in [4.69, 9.17) is 5.11 Å². The van der Waals surface area contributed by atoms with Gasteiger partial charge >= 0.3 is 5.97 Å². The zero-order valence-corrected chi connectivity index (χ0v) is 11.0. The Bertz CT molecular complexity index is 383. The van der Waals surface area contributed by atoms with Crippen molar-refractivity contribution in [2.24, 2.45) is 5.92 Å². The second kappa shape index (κ2) is 5.82. The van der Waals surface area contributed by atoms with Crippen molar-refractivity contribution in [3.63, 3.8) is 0 Å². The standard InChI is InChI=1S/C12H21N3O2/c1-9(2)7-10-8-11(12(16)17)13-15(10)6-5-14(3)4/h8-9H,5-7H2,1-4H3,(H,16,17). The van der Waals surface area contributed by atoms with Crippen LogP contribution in [0.1, 0.15) is 30.0 Å². The highest BCUT2D eigenvalue weighted by Gasteiger charge is 2.13. The van der Waals surface area contributed by atoms with Crippen LogP contribution >= 0.6 is 0 Å². The Labute approximate surface area is 102 Å². The lowest BCUT2D eigenvalue weighted by Gasteiger charge is -2.12. The summed E-state index contributed by atoms with van der Waals surface area (Å²) in [5, 5.41) is 13.1. The van der Waals surface area contributed by atoms with Crippen LogP contribution in [-0.4, -0.2) is 46.4 Å². The van der Waals surface area contributed by atoms with Crippen LogP contribution in [0.4, 0.5) is 0 Å². The molecule has 1 rings (SSSR count). The molecule has 0 bridgehead atoms. The molecule has 0 spiro atoms. The highest BCUT2D eigenvalue weighted by molar-refractivity contribution is 5.85. The molecule has 0 aliphatic carbocycles. The fourth-order valence-corrected chi connectivity index (χ4v) is 1.63. The normalized spacial score (nSPS) is 11.4. The van der Waals surface area contributed by atoms with E-state index in [1.165, 1.54) is 0 Å². The van der Waals surface area contributed by atoms with Gasteiger partial charge in [0.2, 0.25) is 0 Å². The lowest BCUT2D eigenvalue weighted by atomic mass is 10.1. The molecule has 1 N–H and O–H groups in total. The first-order valence-electron chi connectivity index (χ1n) is 5.85. The Kier molecular flexibility index (Phi) is 4.69. The molecule has 5 nitrogen and oxygen atoms in total. The summed E-state index contributed by atoms with van der Waals surface area (Å²) in [7, 11) is 3.98. The van der Waals surface area contributed by atoms with Gasteiger partial charge in [-0.2, -0.15) is 5.10 Å². The molecule has 96 valence electrons. The number of hydrogen-bond acceptors (Lipinski definition) is 3. The minimum atomic E-state index is -0.960. The summed E-state index contributed by atoms with van der Waals surface area (Å²) < 4.78 is 1.81. The lowest BCUT2D eigenvalue weighted by molar-refractivity contribution is 0.0689. The molecule has 0 amide bonds. The molecule has 1 aromatic heterocycles. The SMILES string of the molecule is CC(C)Cc1cc(C(=O)O)nn1CCN(C)C. The van der Waals surface area contributed by atoms with Crippen LogP contribution in [0.25, 0.3) is 0 Å². The highest BCUT2D eigenvalue weighted by Crippen LogP contribution is 2.11. The molecule has 1 aromatic rings. The molecule has 0 saturated heterocycles. The Balaban J connectivity index is 2.87. The van der Waals surface area contributed by atoms with Gasteiger partial charge in [0.15, 0.2) is 5.69 Å². The van der Waals surface area contributed by atoms with Crippen molar-refractivity contribution in [2.75, 3.05) is 20.6 Å². The molecule has 0 radical (unpaired) electrons. The van der Waals surface area contributed by atoms with Gasteiger partial charge in [-0.05, 0) is 32.5 Å². The van der Waals surface area contributed by atoms with Crippen molar-refractivity contribution in [1.82, 2.24) is 14.7 Å². The summed E-state index contributed by atoms with van der Waals surface area (Å²) in [5.41, 5.74) is 1.14. The van der Waals surface area contributed by atoms with E-state index < -0.39 is 5.97 Å². The zero-order valence-electron chi connectivity index (χ0n) is 11.0. The first-order chi connectivity index (χ1) is 7.90. The smallest absolute Gasteiger partial charge is 0.356 e. The van der Waals surface area contributed by atoms with Crippen LogP contribution in [0.2, 0.25) is 0 Å². The molecule has 0 saturated carbocycles. The summed E-state index contributed by atoms with van der Waals surface area (Å²) in [6, 6.07) is 1.68. The van der Waals surface area contributed by atoms with Crippen LogP contribution in [0.15, 0.2) is 6.07 Å². The van der Waals surface area contributed by atoms with Crippen molar-refractivity contribution in [1.29, 1.82) is 0 Å². The van der Waals surface area contributed by atoms with E-state index in [0.29, 0.717) is 5.92 Å². The molecule has 1 heterocycles. The maximum Gasteiger partial charge on any atom is 0.356 e. The molecule has 0 fully saturated rings. The first kappa shape index (κ1) is 13.7. The average molecular weight is 239 g/mol. The van der Waals surface area contributed by atoms with E-state index in [1.807, 2.05) is 18.8 Å². The quantitative estimate of drug-likeness (QED) is 0.814. The number of hydrogen-bond donors (Lipinski definition) is 1. The predicted molar refractivity (Wildman–Crippen MR) is 66.3 cm³/mol. The molecule has 0 atom stereocenters. The van der Waals surface area contributed by atoms with Crippen LogP contribution in [0, 0.1) is 5.92 Å². The van der Waals surface area contributed by atoms with Gasteiger partial charge in [0.05, 0.1) is 6.54 Å². The molecule has 0 aromatic carbocycles. The zero-order chi connectivity index (χ0) is 13.0. The van der Waals surface area contributed by atoms with E-state index in [9.17, 15) is 4.79 Å². The monoisotopic (exact) mass is 239 g/mol. The van der Waals surface area contributed by atoms with Crippen LogP contribution in [-0.2, 0) is 13.0 Å². The number of aromatic carboxylic acids is 1. The summed E-state index contributed by atoms with van der Waals surface area (Å²) in [4.78, 5) is 13.0. The van der Waals surface area contributed by atoms with Crippen molar-refractivity contribution in [2.45, 2.75) is 26.8 Å². The molecule has 5 heteroatoms. The number of carboxylic acids is 1. The van der Waals surface area contributed by atoms with Gasteiger partial charge in [0, 0.05) is 12.2 Å². The molecule has 17 heavy (non-hydrogen) atoms. The number of carbonyl (C=O) groups is 1. The Morgan fingerprint density at radius 1 is 1.53 bits per heavy atom. The van der Waals surface area contributed by atoms with Gasteiger partial charge in [0.1, 0.15) is 0 Å². The van der Waals surface area contributed by atoms with Crippen LogP contribution in [0.3, 0.4) is 0 Å². The third kappa shape index (κ3) is 4.19. The highest BCUT2D eigenvalue weighted by atomic mass is 16.4. The third-order valence-electron chi connectivity index (χ3n) is 2.46. The van der Waals surface area contributed by atoms with Gasteiger partial charge in [-0.3, -0.25) is 4.68 Å². The predicted octanol–water partition coefficient (Wildman–Crippen LogP) is 1.34. The maximum atomic E-state index is 10.9. The third-order valence-corrected chi connectivity index (χ3v) is 2.46. The fraction of sp³-hybridized carbons (Fsp3) is 0.667. The average Bonchev–Trinajstić information content (AvgIpc) is 2.57. The van der Waals surface area contributed by atoms with E-state index in [1.54, 1.807) is 6.07 Å². The number of likely N-dealkylation sites (N-methyl/N-ethyl adjacent to an activating group) is 1. The molecule has 0 aliphatic rings. The van der Waals surface area contributed by atoms with Crippen molar-refractivity contribution >= 4 is 5.97 Å². The van der Waals surface area contributed by atoms with Crippen LogP contribution in [0.5, 0.6) is 0 Å². The van der Waals surface area contributed by atoms with E-state index >= 15 is 0 Å². The van der Waals surface area contributed by atoms with Gasteiger partial charge in [-0.25, -0.2) is 4.79 Å². The largest absolute Gasteiger partial charge is 0.476 e. The molecular formula is C12H21N3O2. The van der Waals surface area contributed by atoms with Crippen molar-refractivity contribution in [3.8, 4) is 0 Å². The van der Waals surface area contributed by atoms with E-state index in [-0.39, 0.29) is 5.69 Å². The number of carboxylic acid groups (broad SMARTS) is 1. The maximum absolute atomic E-state index is 10.9. The molecular weight excluding hydrogens is 218 g/mol. The summed E-state index contributed by atoms with van der Waals surface area (Å²) >= 11 is 0. The molecule has 0 unspecified atom stereocenters. The Morgan fingerprint density at radius 2 is 2.18 bits per heavy atom. The van der Waals surface area contributed by atoms with Crippen molar-refractivity contribution < 1.29 is 9.90 Å². The second-order valence-electron chi connectivity index (χ2n) is 4.95. The van der Waals surface area contributed by atoms with Gasteiger partial charge < -0.3 is 10.0 Å². The minimum Gasteiger partial charge on any atom is -0.476 e. The number of nitrogens with zero attached hydrogens (tertiary/aromatic N) is 3.